The lowest BCUT2D eigenvalue weighted by Crippen LogP contribution is -2.22. The van der Waals surface area contributed by atoms with Gasteiger partial charge in [0.05, 0.1) is 5.25 Å². The van der Waals surface area contributed by atoms with Crippen LogP contribution in [0.4, 0.5) is 0 Å². The smallest absolute Gasteiger partial charge is 0.277 e. The third-order valence-corrected chi connectivity index (χ3v) is 3.91. The Balaban J connectivity index is 2.23. The topological polar surface area (TPSA) is 64.9 Å². The number of nitrogens with two attached hydrogens (primary N) is 1. The van der Waals surface area contributed by atoms with E-state index in [0.29, 0.717) is 11.1 Å². The summed E-state index contributed by atoms with van der Waals surface area (Å²) in [6, 6.07) is 8.34. The van der Waals surface area contributed by atoms with Crippen LogP contribution in [-0.4, -0.2) is 16.2 Å². The van der Waals surface area contributed by atoms with Gasteiger partial charge in [-0.15, -0.1) is 10.2 Å². The van der Waals surface area contributed by atoms with Gasteiger partial charge in [0, 0.05) is 13.0 Å². The normalized spacial score (nSPS) is 14.4. The largest absolute Gasteiger partial charge is 0.416 e. The monoisotopic (exact) mass is 263 g/mol. The van der Waals surface area contributed by atoms with Crippen LogP contribution in [0.3, 0.4) is 0 Å². The van der Waals surface area contributed by atoms with Crippen molar-refractivity contribution < 1.29 is 4.42 Å². The van der Waals surface area contributed by atoms with E-state index < -0.39 is 0 Å². The molecule has 2 N–H and O–H groups in total. The predicted octanol–water partition coefficient (Wildman–Crippen LogP) is 2.87. The molecule has 0 bridgehead atoms. The molecule has 0 aliphatic carbocycles. The Morgan fingerprint density at radius 1 is 1.28 bits per heavy atom. The molecule has 5 heteroatoms. The molecule has 0 fully saturated rings. The van der Waals surface area contributed by atoms with E-state index >= 15 is 0 Å². The summed E-state index contributed by atoms with van der Waals surface area (Å²) in [6.07, 6.45) is 0. The maximum absolute atomic E-state index is 6.06. The quantitative estimate of drug-likeness (QED) is 0.859. The van der Waals surface area contributed by atoms with Gasteiger partial charge >= 0.3 is 0 Å². The Kier molecular flexibility index (Phi) is 4.04. The number of rotatable bonds is 4. The fourth-order valence-electron chi connectivity index (χ4n) is 1.76. The van der Waals surface area contributed by atoms with E-state index in [-0.39, 0.29) is 11.3 Å². The summed E-state index contributed by atoms with van der Waals surface area (Å²) >= 11 is 1.51. The molecule has 0 aliphatic heterocycles. The molecule has 2 unspecified atom stereocenters. The highest BCUT2D eigenvalue weighted by molar-refractivity contribution is 7.99. The van der Waals surface area contributed by atoms with Crippen LogP contribution in [0, 0.1) is 13.8 Å². The lowest BCUT2D eigenvalue weighted by molar-refractivity contribution is 0.427. The van der Waals surface area contributed by atoms with Gasteiger partial charge in [0.25, 0.3) is 5.22 Å². The Hall–Kier alpha value is -1.33. The van der Waals surface area contributed by atoms with Crippen molar-refractivity contribution in [2.75, 3.05) is 0 Å². The molecule has 0 radical (unpaired) electrons. The first-order chi connectivity index (χ1) is 8.56. The van der Waals surface area contributed by atoms with Crippen LogP contribution in [0.2, 0.25) is 0 Å². The van der Waals surface area contributed by atoms with Crippen LogP contribution in [0.15, 0.2) is 33.9 Å². The zero-order chi connectivity index (χ0) is 13.1. The third-order valence-electron chi connectivity index (χ3n) is 2.58. The van der Waals surface area contributed by atoms with Crippen LogP contribution in [0.25, 0.3) is 0 Å². The van der Waals surface area contributed by atoms with E-state index in [0.717, 1.165) is 0 Å². The average Bonchev–Trinajstić information content (AvgIpc) is 2.71. The van der Waals surface area contributed by atoms with Crippen LogP contribution < -0.4 is 5.73 Å². The number of nitrogens with zero attached hydrogens (tertiary/aromatic N) is 2. The Labute approximate surface area is 111 Å². The van der Waals surface area contributed by atoms with Crippen LogP contribution >= 0.6 is 11.8 Å². The number of hydrogen-bond donors (Lipinski definition) is 1. The van der Waals surface area contributed by atoms with Gasteiger partial charge in [-0.1, -0.05) is 41.6 Å². The molecule has 1 aromatic heterocycles. The molecule has 2 rings (SSSR count). The predicted molar refractivity (Wildman–Crippen MR) is 72.5 cm³/mol. The van der Waals surface area contributed by atoms with Crippen LogP contribution in [-0.2, 0) is 0 Å². The summed E-state index contributed by atoms with van der Waals surface area (Å²) in [5, 5.41) is 8.52. The van der Waals surface area contributed by atoms with Crippen molar-refractivity contribution in [1.29, 1.82) is 0 Å². The molecule has 0 spiro atoms. The lowest BCUT2D eigenvalue weighted by atomic mass is 10.0. The van der Waals surface area contributed by atoms with Crippen LogP contribution in [0.1, 0.15) is 29.2 Å². The summed E-state index contributed by atoms with van der Waals surface area (Å²) in [6.45, 7) is 5.84. The minimum Gasteiger partial charge on any atom is -0.416 e. The summed E-state index contributed by atoms with van der Waals surface area (Å²) < 4.78 is 5.40. The van der Waals surface area contributed by atoms with Crippen molar-refractivity contribution in [3.8, 4) is 0 Å². The number of thioether (sulfide) groups is 1. The minimum absolute atomic E-state index is 0.00371. The van der Waals surface area contributed by atoms with Crippen molar-refractivity contribution in [1.82, 2.24) is 10.2 Å². The molecule has 96 valence electrons. The average molecular weight is 263 g/mol. The lowest BCUT2D eigenvalue weighted by Gasteiger charge is -2.19. The number of aryl methyl sites for hydroxylation is 2. The number of benzene rings is 1. The number of aromatic nitrogens is 2. The van der Waals surface area contributed by atoms with Gasteiger partial charge in [0.15, 0.2) is 0 Å². The Morgan fingerprint density at radius 3 is 2.61 bits per heavy atom. The molecule has 18 heavy (non-hydrogen) atoms. The van der Waals surface area contributed by atoms with E-state index in [1.54, 1.807) is 6.92 Å². The number of hydrogen-bond acceptors (Lipinski definition) is 5. The summed E-state index contributed by atoms with van der Waals surface area (Å²) in [7, 11) is 0. The summed E-state index contributed by atoms with van der Waals surface area (Å²) in [5.41, 5.74) is 8.47. The highest BCUT2D eigenvalue weighted by atomic mass is 32.2. The molecule has 1 aromatic carbocycles. The van der Waals surface area contributed by atoms with Gasteiger partial charge in [0.2, 0.25) is 5.89 Å². The van der Waals surface area contributed by atoms with E-state index in [2.05, 4.69) is 35.3 Å². The first-order valence-corrected chi connectivity index (χ1v) is 6.73. The van der Waals surface area contributed by atoms with Crippen molar-refractivity contribution in [3.05, 3.63) is 41.3 Å². The van der Waals surface area contributed by atoms with Crippen molar-refractivity contribution in [3.63, 3.8) is 0 Å². The maximum Gasteiger partial charge on any atom is 0.277 e. The van der Waals surface area contributed by atoms with Crippen molar-refractivity contribution in [2.24, 2.45) is 5.73 Å². The molecular weight excluding hydrogens is 246 g/mol. The zero-order valence-corrected chi connectivity index (χ0v) is 11.6. The Bertz CT molecular complexity index is 524. The fraction of sp³-hybridized carbons (Fsp3) is 0.385. The highest BCUT2D eigenvalue weighted by Crippen LogP contribution is 2.36. The van der Waals surface area contributed by atoms with E-state index in [4.69, 9.17) is 10.2 Å². The van der Waals surface area contributed by atoms with Gasteiger partial charge in [-0.3, -0.25) is 0 Å². The van der Waals surface area contributed by atoms with E-state index in [1.165, 1.54) is 22.9 Å². The second kappa shape index (κ2) is 5.54. The maximum atomic E-state index is 6.06. The molecule has 2 aromatic rings. The molecule has 1 heterocycles. The van der Waals surface area contributed by atoms with Gasteiger partial charge in [-0.05, 0) is 19.4 Å². The molecule has 2 atom stereocenters. The SMILES string of the molecule is Cc1cccc(C(Sc2nnc(C)o2)C(C)N)c1. The third kappa shape index (κ3) is 3.11. The molecule has 0 aliphatic rings. The Morgan fingerprint density at radius 2 is 2.06 bits per heavy atom. The van der Waals surface area contributed by atoms with Gasteiger partial charge in [-0.2, -0.15) is 0 Å². The molecular formula is C13H17N3OS. The first kappa shape index (κ1) is 13.1. The van der Waals surface area contributed by atoms with E-state index in [1.807, 2.05) is 13.0 Å². The van der Waals surface area contributed by atoms with Crippen LogP contribution in [0.5, 0.6) is 0 Å². The highest BCUT2D eigenvalue weighted by Gasteiger charge is 2.20. The summed E-state index contributed by atoms with van der Waals surface area (Å²) in [4.78, 5) is 0. The molecule has 0 saturated carbocycles. The van der Waals surface area contributed by atoms with Gasteiger partial charge < -0.3 is 10.2 Å². The van der Waals surface area contributed by atoms with Crippen molar-refractivity contribution >= 4 is 11.8 Å². The standard InChI is InChI=1S/C13H17N3OS/c1-8-5-4-6-11(7-8)12(9(2)14)18-13-16-15-10(3)17-13/h4-7,9,12H,14H2,1-3H3. The first-order valence-electron chi connectivity index (χ1n) is 5.85. The molecule has 0 amide bonds. The molecule has 0 saturated heterocycles. The minimum atomic E-state index is 0.00371. The van der Waals surface area contributed by atoms with Gasteiger partial charge in [-0.25, -0.2) is 0 Å². The van der Waals surface area contributed by atoms with Crippen molar-refractivity contribution in [2.45, 2.75) is 37.3 Å². The van der Waals surface area contributed by atoms with Gasteiger partial charge in [0.1, 0.15) is 0 Å². The second-order valence-corrected chi connectivity index (χ2v) is 5.49. The second-order valence-electron chi connectivity index (χ2n) is 4.40. The van der Waals surface area contributed by atoms with E-state index in [9.17, 15) is 0 Å². The zero-order valence-electron chi connectivity index (χ0n) is 10.8. The fourth-order valence-corrected chi connectivity index (χ4v) is 2.73. The molecule has 4 nitrogen and oxygen atoms in total. The summed E-state index contributed by atoms with van der Waals surface area (Å²) in [5.74, 6) is 0.574.